The number of hydrogen-bond donors (Lipinski definition) is 3. The van der Waals surface area contributed by atoms with Crippen molar-refractivity contribution in [2.75, 3.05) is 13.2 Å². The summed E-state index contributed by atoms with van der Waals surface area (Å²) in [4.78, 5) is 50.3. The highest BCUT2D eigenvalue weighted by Gasteiger charge is 2.31. The molecule has 0 atom stereocenters. The maximum Gasteiger partial charge on any atom is 0.340 e. The van der Waals surface area contributed by atoms with Crippen LogP contribution in [0.15, 0.2) is 11.0 Å². The van der Waals surface area contributed by atoms with E-state index < -0.39 is 29.6 Å². The Balaban J connectivity index is 2.83. The third kappa shape index (κ3) is 3.97. The molecule has 1 rings (SSSR count). The van der Waals surface area contributed by atoms with E-state index in [9.17, 15) is 19.2 Å². The quantitative estimate of drug-likeness (QED) is 0.450. The molecule has 0 aromatic carbocycles. The van der Waals surface area contributed by atoms with Crippen LogP contribution in [0.5, 0.6) is 0 Å². The Labute approximate surface area is 113 Å². The van der Waals surface area contributed by atoms with Crippen LogP contribution in [-0.2, 0) is 19.1 Å². The van der Waals surface area contributed by atoms with Crippen molar-refractivity contribution < 1.29 is 23.9 Å². The van der Waals surface area contributed by atoms with Crippen molar-refractivity contribution in [1.29, 1.82) is 0 Å². The van der Waals surface area contributed by atoms with Crippen molar-refractivity contribution >= 4 is 17.8 Å². The molecule has 1 aromatic rings. The number of amides is 1. The summed E-state index contributed by atoms with van der Waals surface area (Å²) in [7, 11) is 0. The Hall–Kier alpha value is -2.58. The molecule has 3 N–H and O–H groups in total. The van der Waals surface area contributed by atoms with Gasteiger partial charge in [-0.1, -0.05) is 0 Å². The number of ether oxygens (including phenoxy) is 2. The molecule has 9 heteroatoms. The standard InChI is InChI=1S/C11H15N3O6/c1-3-19-9(16)7(10(17)20-4-2)14-8(15)6-5-12-11(18)13-6/h5,7H,3-4H2,1-2H3,(H,14,15)(H2,12,13,18). The Morgan fingerprint density at radius 1 is 1.20 bits per heavy atom. The summed E-state index contributed by atoms with van der Waals surface area (Å²) in [6.45, 7) is 3.22. The van der Waals surface area contributed by atoms with Gasteiger partial charge in [0, 0.05) is 6.20 Å². The topological polar surface area (TPSA) is 130 Å². The van der Waals surface area contributed by atoms with Gasteiger partial charge in [0.1, 0.15) is 5.69 Å². The first-order chi connectivity index (χ1) is 9.49. The van der Waals surface area contributed by atoms with Crippen LogP contribution in [0.25, 0.3) is 0 Å². The molecule has 0 radical (unpaired) electrons. The van der Waals surface area contributed by atoms with Gasteiger partial charge in [-0.2, -0.15) is 0 Å². The number of nitrogens with one attached hydrogen (secondary N) is 3. The van der Waals surface area contributed by atoms with E-state index >= 15 is 0 Å². The second kappa shape index (κ2) is 7.12. The van der Waals surface area contributed by atoms with Crippen LogP contribution in [0.2, 0.25) is 0 Å². The van der Waals surface area contributed by atoms with Gasteiger partial charge in [-0.3, -0.25) is 4.79 Å². The highest BCUT2D eigenvalue weighted by molar-refractivity contribution is 6.05. The minimum absolute atomic E-state index is 0.0472. The molecule has 0 aliphatic carbocycles. The monoisotopic (exact) mass is 285 g/mol. The SMILES string of the molecule is CCOC(=O)C(NC(=O)c1c[nH]c(=O)[nH]1)C(=O)OCC. The van der Waals surface area contributed by atoms with Gasteiger partial charge < -0.3 is 24.8 Å². The lowest BCUT2D eigenvalue weighted by Gasteiger charge is -2.15. The van der Waals surface area contributed by atoms with Crippen molar-refractivity contribution in [3.8, 4) is 0 Å². The molecule has 0 saturated heterocycles. The van der Waals surface area contributed by atoms with E-state index in [1.54, 1.807) is 13.8 Å². The fourth-order valence-electron chi connectivity index (χ4n) is 1.33. The van der Waals surface area contributed by atoms with Crippen molar-refractivity contribution in [3.05, 3.63) is 22.4 Å². The van der Waals surface area contributed by atoms with Gasteiger partial charge in [0.2, 0.25) is 6.04 Å². The molecule has 1 heterocycles. The zero-order valence-corrected chi connectivity index (χ0v) is 11.0. The third-order valence-electron chi connectivity index (χ3n) is 2.16. The molecule has 0 aliphatic rings. The highest BCUT2D eigenvalue weighted by Crippen LogP contribution is 1.97. The van der Waals surface area contributed by atoms with Crippen molar-refractivity contribution in [1.82, 2.24) is 15.3 Å². The molecule has 0 saturated carbocycles. The van der Waals surface area contributed by atoms with Gasteiger partial charge in [0.15, 0.2) is 0 Å². The molecule has 20 heavy (non-hydrogen) atoms. The molecule has 0 aliphatic heterocycles. The van der Waals surface area contributed by atoms with Crippen LogP contribution in [0.1, 0.15) is 24.3 Å². The number of rotatable bonds is 6. The predicted molar refractivity (Wildman–Crippen MR) is 65.9 cm³/mol. The first-order valence-corrected chi connectivity index (χ1v) is 5.91. The summed E-state index contributed by atoms with van der Waals surface area (Å²) in [5.74, 6) is -2.68. The average Bonchev–Trinajstić information content (AvgIpc) is 2.83. The average molecular weight is 285 g/mol. The molecule has 110 valence electrons. The van der Waals surface area contributed by atoms with Gasteiger partial charge in [0.05, 0.1) is 13.2 Å². The summed E-state index contributed by atoms with van der Waals surface area (Å²) in [6.07, 6.45) is 1.12. The first-order valence-electron chi connectivity index (χ1n) is 5.91. The zero-order valence-electron chi connectivity index (χ0n) is 11.0. The summed E-state index contributed by atoms with van der Waals surface area (Å²) in [6, 6.07) is -1.58. The van der Waals surface area contributed by atoms with E-state index in [1.807, 2.05) is 0 Å². The second-order valence-electron chi connectivity index (χ2n) is 3.57. The van der Waals surface area contributed by atoms with Gasteiger partial charge in [-0.25, -0.2) is 14.4 Å². The van der Waals surface area contributed by atoms with Gasteiger partial charge in [-0.15, -0.1) is 0 Å². The normalized spacial score (nSPS) is 10.2. The van der Waals surface area contributed by atoms with E-state index in [1.165, 1.54) is 0 Å². The molecule has 1 aromatic heterocycles. The molecule has 0 fully saturated rings. The molecule has 1 amide bonds. The number of aromatic amines is 2. The number of imidazole rings is 1. The van der Waals surface area contributed by atoms with Crippen molar-refractivity contribution in [3.63, 3.8) is 0 Å². The Morgan fingerprint density at radius 2 is 1.75 bits per heavy atom. The van der Waals surface area contributed by atoms with Crippen LogP contribution in [0, 0.1) is 0 Å². The highest BCUT2D eigenvalue weighted by atomic mass is 16.6. The van der Waals surface area contributed by atoms with E-state index in [0.717, 1.165) is 6.20 Å². The summed E-state index contributed by atoms with van der Waals surface area (Å²) in [5, 5.41) is 2.14. The van der Waals surface area contributed by atoms with E-state index in [4.69, 9.17) is 0 Å². The van der Waals surface area contributed by atoms with Gasteiger partial charge >= 0.3 is 17.6 Å². The summed E-state index contributed by atoms with van der Waals surface area (Å²) < 4.78 is 9.36. The number of H-pyrrole nitrogens is 2. The number of carbonyl (C=O) groups is 3. The van der Waals surface area contributed by atoms with Gasteiger partial charge in [0.25, 0.3) is 5.91 Å². The fraction of sp³-hybridized carbons (Fsp3) is 0.455. The third-order valence-corrected chi connectivity index (χ3v) is 2.16. The fourth-order valence-corrected chi connectivity index (χ4v) is 1.33. The molecule has 0 bridgehead atoms. The second-order valence-corrected chi connectivity index (χ2v) is 3.57. The molecular formula is C11H15N3O6. The minimum atomic E-state index is -1.58. The molecular weight excluding hydrogens is 270 g/mol. The van der Waals surface area contributed by atoms with Crippen LogP contribution in [-0.4, -0.2) is 47.1 Å². The molecule has 9 nitrogen and oxygen atoms in total. The Kier molecular flexibility index (Phi) is 5.51. The number of esters is 2. The summed E-state index contributed by atoms with van der Waals surface area (Å²) in [5.41, 5.74) is -0.701. The van der Waals surface area contributed by atoms with Crippen LogP contribution >= 0.6 is 0 Å². The number of aromatic nitrogens is 2. The van der Waals surface area contributed by atoms with Crippen LogP contribution < -0.4 is 11.0 Å². The maximum atomic E-state index is 11.8. The first kappa shape index (κ1) is 15.5. The predicted octanol–water partition coefficient (Wildman–Crippen LogP) is -1.07. The van der Waals surface area contributed by atoms with E-state index in [-0.39, 0.29) is 18.9 Å². The number of hydrogen-bond acceptors (Lipinski definition) is 6. The van der Waals surface area contributed by atoms with E-state index in [2.05, 4.69) is 24.8 Å². The maximum absolute atomic E-state index is 11.8. The van der Waals surface area contributed by atoms with Crippen LogP contribution in [0.4, 0.5) is 0 Å². The largest absolute Gasteiger partial charge is 0.464 e. The Morgan fingerprint density at radius 3 is 2.15 bits per heavy atom. The smallest absolute Gasteiger partial charge is 0.340 e. The van der Waals surface area contributed by atoms with Crippen LogP contribution in [0.3, 0.4) is 0 Å². The lowest BCUT2D eigenvalue weighted by Crippen LogP contribution is -2.48. The minimum Gasteiger partial charge on any atom is -0.464 e. The lowest BCUT2D eigenvalue weighted by molar-refractivity contribution is -0.157. The lowest BCUT2D eigenvalue weighted by atomic mass is 10.3. The van der Waals surface area contributed by atoms with E-state index in [0.29, 0.717) is 0 Å². The van der Waals surface area contributed by atoms with Crippen molar-refractivity contribution in [2.24, 2.45) is 0 Å². The Bertz CT molecular complexity index is 528. The molecule has 0 spiro atoms. The number of carbonyl (C=O) groups excluding carboxylic acids is 3. The molecule has 0 unspecified atom stereocenters. The van der Waals surface area contributed by atoms with Crippen molar-refractivity contribution in [2.45, 2.75) is 19.9 Å². The summed E-state index contributed by atoms with van der Waals surface area (Å²) >= 11 is 0. The zero-order chi connectivity index (χ0) is 15.1. The van der Waals surface area contributed by atoms with Gasteiger partial charge in [-0.05, 0) is 13.8 Å².